The van der Waals surface area contributed by atoms with Crippen LogP contribution in [0, 0.1) is 5.92 Å². The van der Waals surface area contributed by atoms with Crippen molar-refractivity contribution in [2.75, 3.05) is 42.4 Å². The van der Waals surface area contributed by atoms with Crippen molar-refractivity contribution in [1.29, 1.82) is 0 Å². The van der Waals surface area contributed by atoms with E-state index in [0.717, 1.165) is 6.42 Å². The van der Waals surface area contributed by atoms with Gasteiger partial charge in [-0.2, -0.15) is 0 Å². The molecule has 2 saturated heterocycles. The van der Waals surface area contributed by atoms with Gasteiger partial charge in [0, 0.05) is 37.7 Å². The number of rotatable bonds is 6. The second-order valence-corrected chi connectivity index (χ2v) is 7.60. The first-order valence-electron chi connectivity index (χ1n) is 10.2. The van der Waals surface area contributed by atoms with Crippen LogP contribution < -0.4 is 24.6 Å². The van der Waals surface area contributed by atoms with E-state index >= 15 is 0 Å². The number of nitrogens with one attached hydrogen (secondary N) is 1. The van der Waals surface area contributed by atoms with Crippen LogP contribution in [-0.2, 0) is 14.4 Å². The van der Waals surface area contributed by atoms with Crippen LogP contribution in [0.2, 0.25) is 0 Å². The molecule has 8 nitrogen and oxygen atoms in total. The Morgan fingerprint density at radius 2 is 1.71 bits per heavy atom. The van der Waals surface area contributed by atoms with E-state index in [4.69, 9.17) is 9.47 Å². The molecule has 2 aromatic carbocycles. The summed E-state index contributed by atoms with van der Waals surface area (Å²) in [4.78, 5) is 40.8. The maximum Gasteiger partial charge on any atom is 0.229 e. The van der Waals surface area contributed by atoms with E-state index in [9.17, 15) is 14.4 Å². The minimum atomic E-state index is -0.483. The molecule has 0 radical (unpaired) electrons. The van der Waals surface area contributed by atoms with Crippen LogP contribution in [0.1, 0.15) is 19.3 Å². The molecule has 2 heterocycles. The van der Waals surface area contributed by atoms with Gasteiger partial charge in [0.15, 0.2) is 0 Å². The first-order valence-corrected chi connectivity index (χ1v) is 10.2. The number of hydrogen-bond acceptors (Lipinski definition) is 5. The van der Waals surface area contributed by atoms with Gasteiger partial charge in [0.25, 0.3) is 0 Å². The maximum absolute atomic E-state index is 12.9. The van der Waals surface area contributed by atoms with Crippen molar-refractivity contribution < 1.29 is 23.9 Å². The molecule has 1 N–H and O–H groups in total. The highest BCUT2D eigenvalue weighted by Crippen LogP contribution is 2.35. The molecular weight excluding hydrogens is 398 g/mol. The van der Waals surface area contributed by atoms with Gasteiger partial charge in [-0.15, -0.1) is 0 Å². The summed E-state index contributed by atoms with van der Waals surface area (Å²) >= 11 is 0. The summed E-state index contributed by atoms with van der Waals surface area (Å²) < 4.78 is 10.8. The average molecular weight is 423 g/mol. The number of ether oxygens (including phenoxy) is 2. The third-order valence-corrected chi connectivity index (χ3v) is 5.68. The van der Waals surface area contributed by atoms with Crippen molar-refractivity contribution in [1.82, 2.24) is 0 Å². The standard InChI is InChI=1S/C23H25N3O5/c1-30-19-7-4-3-6-17(19)26-14-15(12-22(26)28)23(29)24-16-9-10-18(20(13-16)31-2)25-11-5-8-21(25)27/h3-4,6-7,9-10,13,15H,5,8,11-12,14H2,1-2H3,(H,24,29)/t15-/m1/s1. The smallest absolute Gasteiger partial charge is 0.229 e. The van der Waals surface area contributed by atoms with Gasteiger partial charge in [0.05, 0.1) is 31.5 Å². The largest absolute Gasteiger partial charge is 0.495 e. The summed E-state index contributed by atoms with van der Waals surface area (Å²) in [5.41, 5.74) is 1.91. The highest BCUT2D eigenvalue weighted by molar-refractivity contribution is 6.04. The fourth-order valence-corrected chi connectivity index (χ4v) is 4.09. The molecule has 0 spiro atoms. The minimum Gasteiger partial charge on any atom is -0.495 e. The molecule has 0 saturated carbocycles. The maximum atomic E-state index is 12.9. The number of hydrogen-bond donors (Lipinski definition) is 1. The zero-order chi connectivity index (χ0) is 22.0. The van der Waals surface area contributed by atoms with Gasteiger partial charge in [-0.3, -0.25) is 14.4 Å². The van der Waals surface area contributed by atoms with Gasteiger partial charge in [-0.05, 0) is 30.7 Å². The second-order valence-electron chi connectivity index (χ2n) is 7.60. The third kappa shape index (κ3) is 4.05. The van der Waals surface area contributed by atoms with Crippen LogP contribution in [0.3, 0.4) is 0 Å². The summed E-state index contributed by atoms with van der Waals surface area (Å²) in [6.45, 7) is 0.937. The van der Waals surface area contributed by atoms with E-state index < -0.39 is 5.92 Å². The van der Waals surface area contributed by atoms with E-state index in [2.05, 4.69) is 5.32 Å². The number of benzene rings is 2. The number of carbonyl (C=O) groups is 3. The summed E-state index contributed by atoms with van der Waals surface area (Å²) in [6.07, 6.45) is 1.47. The molecule has 0 bridgehead atoms. The van der Waals surface area contributed by atoms with Crippen LogP contribution >= 0.6 is 0 Å². The zero-order valence-corrected chi connectivity index (χ0v) is 17.6. The molecule has 162 valence electrons. The van der Waals surface area contributed by atoms with E-state index in [1.165, 1.54) is 7.11 Å². The molecule has 3 amide bonds. The van der Waals surface area contributed by atoms with Gasteiger partial charge in [0.1, 0.15) is 11.5 Å². The van der Waals surface area contributed by atoms with Crippen molar-refractivity contribution in [2.45, 2.75) is 19.3 Å². The molecule has 1 atom stereocenters. The molecule has 31 heavy (non-hydrogen) atoms. The van der Waals surface area contributed by atoms with Crippen LogP contribution in [0.15, 0.2) is 42.5 Å². The van der Waals surface area contributed by atoms with Crippen molar-refractivity contribution in [3.63, 3.8) is 0 Å². The summed E-state index contributed by atoms with van der Waals surface area (Å²) in [5.74, 6) is 0.335. The van der Waals surface area contributed by atoms with Gasteiger partial charge in [-0.1, -0.05) is 12.1 Å². The normalized spacial score (nSPS) is 18.5. The number of nitrogens with zero attached hydrogens (tertiary/aromatic N) is 2. The molecule has 8 heteroatoms. The fraction of sp³-hybridized carbons (Fsp3) is 0.348. The van der Waals surface area contributed by atoms with Crippen molar-refractivity contribution in [2.24, 2.45) is 5.92 Å². The third-order valence-electron chi connectivity index (χ3n) is 5.68. The van der Waals surface area contributed by atoms with E-state index in [-0.39, 0.29) is 30.7 Å². The number of anilines is 3. The Labute approximate surface area is 180 Å². The summed E-state index contributed by atoms with van der Waals surface area (Å²) in [7, 11) is 3.09. The number of amides is 3. The average Bonchev–Trinajstić information content (AvgIpc) is 3.39. The molecule has 2 aliphatic heterocycles. The van der Waals surface area contributed by atoms with Crippen molar-refractivity contribution in [3.8, 4) is 11.5 Å². The Hall–Kier alpha value is -3.55. The number of para-hydroxylation sites is 2. The molecule has 2 aliphatic rings. The highest BCUT2D eigenvalue weighted by Gasteiger charge is 2.36. The minimum absolute atomic E-state index is 0.0657. The van der Waals surface area contributed by atoms with Gasteiger partial charge >= 0.3 is 0 Å². The van der Waals surface area contributed by atoms with Crippen LogP contribution in [0.4, 0.5) is 17.1 Å². The molecule has 2 aromatic rings. The molecule has 2 fully saturated rings. The van der Waals surface area contributed by atoms with E-state index in [1.54, 1.807) is 47.2 Å². The number of carbonyl (C=O) groups excluding carboxylic acids is 3. The van der Waals surface area contributed by atoms with Gasteiger partial charge < -0.3 is 24.6 Å². The second kappa shape index (κ2) is 8.67. The predicted molar refractivity (Wildman–Crippen MR) is 117 cm³/mol. The Balaban J connectivity index is 1.47. The monoisotopic (exact) mass is 423 g/mol. The van der Waals surface area contributed by atoms with Crippen LogP contribution in [0.25, 0.3) is 0 Å². The summed E-state index contributed by atoms with van der Waals surface area (Å²) in [6, 6.07) is 12.5. The topological polar surface area (TPSA) is 88.2 Å². The lowest BCUT2D eigenvalue weighted by Crippen LogP contribution is -2.28. The molecule has 0 aliphatic carbocycles. The first-order chi connectivity index (χ1) is 15.0. The lowest BCUT2D eigenvalue weighted by molar-refractivity contribution is -0.122. The van der Waals surface area contributed by atoms with Crippen molar-refractivity contribution in [3.05, 3.63) is 42.5 Å². The number of methoxy groups -OCH3 is 2. The van der Waals surface area contributed by atoms with E-state index in [0.29, 0.717) is 41.5 Å². The van der Waals surface area contributed by atoms with Crippen LogP contribution in [-0.4, -0.2) is 45.0 Å². The molecule has 0 aromatic heterocycles. The Kier molecular flexibility index (Phi) is 5.79. The summed E-state index contributed by atoms with van der Waals surface area (Å²) in [5, 5.41) is 2.88. The highest BCUT2D eigenvalue weighted by atomic mass is 16.5. The van der Waals surface area contributed by atoms with Crippen LogP contribution in [0.5, 0.6) is 11.5 Å². The van der Waals surface area contributed by atoms with Gasteiger partial charge in [-0.25, -0.2) is 0 Å². The Bertz CT molecular complexity index is 1020. The quantitative estimate of drug-likeness (QED) is 0.772. The Morgan fingerprint density at radius 1 is 0.968 bits per heavy atom. The molecule has 0 unspecified atom stereocenters. The molecule has 4 rings (SSSR count). The predicted octanol–water partition coefficient (Wildman–Crippen LogP) is 2.82. The molecular formula is C23H25N3O5. The Morgan fingerprint density at radius 3 is 2.42 bits per heavy atom. The van der Waals surface area contributed by atoms with Gasteiger partial charge in [0.2, 0.25) is 17.7 Å². The zero-order valence-electron chi connectivity index (χ0n) is 17.6. The van der Waals surface area contributed by atoms with E-state index in [1.807, 2.05) is 12.1 Å². The van der Waals surface area contributed by atoms with Crippen molar-refractivity contribution >= 4 is 34.8 Å². The lowest BCUT2D eigenvalue weighted by Gasteiger charge is -2.20. The lowest BCUT2D eigenvalue weighted by atomic mass is 10.1. The fourth-order valence-electron chi connectivity index (χ4n) is 4.09. The first kappa shape index (κ1) is 20.7. The SMILES string of the molecule is COc1cc(NC(=O)[C@@H]2CC(=O)N(c3ccccc3OC)C2)ccc1N1CCCC1=O.